The van der Waals surface area contributed by atoms with Crippen molar-refractivity contribution in [1.82, 2.24) is 5.43 Å². The molecular formula is C17H20N2O. The summed E-state index contributed by atoms with van der Waals surface area (Å²) < 4.78 is 0. The van der Waals surface area contributed by atoms with Gasteiger partial charge in [-0.05, 0) is 23.5 Å². The molecule has 0 amide bonds. The summed E-state index contributed by atoms with van der Waals surface area (Å²) in [5, 5.41) is 4.37. The molecule has 1 N–H and O–H groups in total. The van der Waals surface area contributed by atoms with Crippen molar-refractivity contribution < 1.29 is 4.79 Å². The molecule has 1 aromatic rings. The molecule has 3 nitrogen and oxygen atoms in total. The summed E-state index contributed by atoms with van der Waals surface area (Å²) in [6, 6.07) is 10.3. The zero-order valence-electron chi connectivity index (χ0n) is 12.0. The smallest absolute Gasteiger partial charge is 0.144 e. The number of Topliss-reactive ketones (excluding diaryl/α,β-unsaturated/α-hetero) is 1. The first-order valence-corrected chi connectivity index (χ1v) is 7.14. The van der Waals surface area contributed by atoms with E-state index in [9.17, 15) is 4.79 Å². The maximum absolute atomic E-state index is 12.4. The minimum atomic E-state index is -0.0667. The van der Waals surface area contributed by atoms with Gasteiger partial charge < -0.3 is 5.43 Å². The van der Waals surface area contributed by atoms with Crippen molar-refractivity contribution in [3.05, 3.63) is 42.0 Å². The van der Waals surface area contributed by atoms with Gasteiger partial charge in [0.05, 0.1) is 17.7 Å². The molecule has 1 aliphatic heterocycles. The van der Waals surface area contributed by atoms with E-state index in [1.54, 1.807) is 0 Å². The number of nitrogens with one attached hydrogen (secondary N) is 1. The van der Waals surface area contributed by atoms with Gasteiger partial charge in [-0.1, -0.05) is 50.3 Å². The van der Waals surface area contributed by atoms with Gasteiger partial charge >= 0.3 is 0 Å². The lowest BCUT2D eigenvalue weighted by Crippen LogP contribution is -2.45. The maximum Gasteiger partial charge on any atom is 0.144 e. The molecule has 1 saturated carbocycles. The molecule has 3 rings (SSSR count). The summed E-state index contributed by atoms with van der Waals surface area (Å²) in [6.07, 6.45) is 5.64. The highest BCUT2D eigenvalue weighted by Crippen LogP contribution is 2.38. The van der Waals surface area contributed by atoms with E-state index in [0.29, 0.717) is 12.2 Å². The minimum Gasteiger partial charge on any atom is -0.306 e. The fourth-order valence-electron chi connectivity index (χ4n) is 3.20. The number of ketones is 1. The standard InChI is InChI=1S/C17H20N2O/c1-17(2)10-14-16(15(20)11-17)13(18-19-14)9-8-12-6-4-3-5-7-12/h3-9,14,16,19H,10-11H2,1-2H3. The first-order valence-electron chi connectivity index (χ1n) is 7.14. The van der Waals surface area contributed by atoms with Gasteiger partial charge in [-0.2, -0.15) is 5.10 Å². The number of hydrogen-bond acceptors (Lipinski definition) is 3. The lowest BCUT2D eigenvalue weighted by atomic mass is 9.69. The van der Waals surface area contributed by atoms with Gasteiger partial charge in [0.1, 0.15) is 5.78 Å². The van der Waals surface area contributed by atoms with E-state index in [4.69, 9.17) is 0 Å². The second-order valence-electron chi connectivity index (χ2n) is 6.51. The number of benzene rings is 1. The van der Waals surface area contributed by atoms with Crippen LogP contribution in [0.3, 0.4) is 0 Å². The van der Waals surface area contributed by atoms with Crippen molar-refractivity contribution >= 4 is 17.6 Å². The second kappa shape index (κ2) is 4.89. The van der Waals surface area contributed by atoms with Crippen LogP contribution in [0.1, 0.15) is 32.3 Å². The first-order chi connectivity index (χ1) is 9.55. The predicted octanol–water partition coefficient (Wildman–Crippen LogP) is 3.03. The Morgan fingerprint density at radius 1 is 1.25 bits per heavy atom. The Morgan fingerprint density at radius 3 is 2.75 bits per heavy atom. The fourth-order valence-corrected chi connectivity index (χ4v) is 3.20. The topological polar surface area (TPSA) is 41.5 Å². The number of nitrogens with zero attached hydrogens (tertiary/aromatic N) is 1. The Kier molecular flexibility index (Phi) is 3.20. The highest BCUT2D eigenvalue weighted by Gasteiger charge is 2.45. The van der Waals surface area contributed by atoms with Crippen molar-refractivity contribution in [2.24, 2.45) is 16.4 Å². The molecule has 1 heterocycles. The Balaban J connectivity index is 1.77. The van der Waals surface area contributed by atoms with Gasteiger partial charge in [0.25, 0.3) is 0 Å². The van der Waals surface area contributed by atoms with Crippen LogP contribution in [0.5, 0.6) is 0 Å². The number of rotatable bonds is 2. The van der Waals surface area contributed by atoms with E-state index in [2.05, 4.69) is 24.4 Å². The molecule has 104 valence electrons. The third-order valence-electron chi connectivity index (χ3n) is 4.10. The fraction of sp³-hybridized carbons (Fsp3) is 0.412. The van der Waals surface area contributed by atoms with Crippen LogP contribution in [0.4, 0.5) is 0 Å². The van der Waals surface area contributed by atoms with Crippen LogP contribution < -0.4 is 5.43 Å². The van der Waals surface area contributed by atoms with Gasteiger partial charge in [0, 0.05) is 6.42 Å². The highest BCUT2D eigenvalue weighted by atomic mass is 16.1. The van der Waals surface area contributed by atoms with Crippen LogP contribution >= 0.6 is 0 Å². The van der Waals surface area contributed by atoms with Crippen molar-refractivity contribution in [3.63, 3.8) is 0 Å². The van der Waals surface area contributed by atoms with Gasteiger partial charge in [-0.25, -0.2) is 0 Å². The Morgan fingerprint density at radius 2 is 2.00 bits per heavy atom. The molecule has 2 aliphatic rings. The van der Waals surface area contributed by atoms with E-state index in [0.717, 1.165) is 17.7 Å². The summed E-state index contributed by atoms with van der Waals surface area (Å²) in [6.45, 7) is 4.31. The third kappa shape index (κ3) is 2.53. The van der Waals surface area contributed by atoms with Crippen LogP contribution in [0.2, 0.25) is 0 Å². The molecule has 0 bridgehead atoms. The van der Waals surface area contributed by atoms with E-state index >= 15 is 0 Å². The van der Waals surface area contributed by atoms with Crippen LogP contribution in [0, 0.1) is 11.3 Å². The molecule has 3 heteroatoms. The lowest BCUT2D eigenvalue weighted by molar-refractivity contribution is -0.126. The van der Waals surface area contributed by atoms with E-state index < -0.39 is 0 Å². The normalized spacial score (nSPS) is 28.1. The van der Waals surface area contributed by atoms with Gasteiger partial charge in [-0.3, -0.25) is 4.79 Å². The average Bonchev–Trinajstić information content (AvgIpc) is 2.79. The van der Waals surface area contributed by atoms with Crippen LogP contribution in [-0.4, -0.2) is 17.5 Å². The molecule has 20 heavy (non-hydrogen) atoms. The van der Waals surface area contributed by atoms with Gasteiger partial charge in [0.15, 0.2) is 0 Å². The quantitative estimate of drug-likeness (QED) is 0.895. The maximum atomic E-state index is 12.4. The van der Waals surface area contributed by atoms with E-state index in [-0.39, 0.29) is 17.4 Å². The van der Waals surface area contributed by atoms with Crippen LogP contribution in [0.15, 0.2) is 41.5 Å². The van der Waals surface area contributed by atoms with Gasteiger partial charge in [-0.15, -0.1) is 0 Å². The third-order valence-corrected chi connectivity index (χ3v) is 4.10. The van der Waals surface area contributed by atoms with Crippen LogP contribution in [0.25, 0.3) is 6.08 Å². The Bertz CT molecular complexity index is 572. The molecule has 0 saturated heterocycles. The Hall–Kier alpha value is -1.90. The van der Waals surface area contributed by atoms with Crippen molar-refractivity contribution in [2.45, 2.75) is 32.7 Å². The van der Waals surface area contributed by atoms with E-state index in [1.807, 2.05) is 42.5 Å². The number of fused-ring (bicyclic) bond motifs is 1. The second-order valence-corrected chi connectivity index (χ2v) is 6.51. The van der Waals surface area contributed by atoms with Crippen molar-refractivity contribution in [3.8, 4) is 0 Å². The monoisotopic (exact) mass is 268 g/mol. The molecule has 0 spiro atoms. The molecule has 1 aliphatic carbocycles. The number of allylic oxidation sites excluding steroid dienone is 1. The molecule has 0 aromatic heterocycles. The van der Waals surface area contributed by atoms with Crippen molar-refractivity contribution in [2.75, 3.05) is 0 Å². The molecule has 2 atom stereocenters. The van der Waals surface area contributed by atoms with Crippen molar-refractivity contribution in [1.29, 1.82) is 0 Å². The number of carbonyl (C=O) groups excluding carboxylic acids is 1. The number of hydrogen-bond donors (Lipinski definition) is 1. The summed E-state index contributed by atoms with van der Waals surface area (Å²) >= 11 is 0. The summed E-state index contributed by atoms with van der Waals surface area (Å²) in [5.41, 5.74) is 5.23. The number of carbonyl (C=O) groups is 1. The van der Waals surface area contributed by atoms with Crippen LogP contribution in [-0.2, 0) is 4.79 Å². The summed E-state index contributed by atoms with van der Waals surface area (Å²) in [5.74, 6) is 0.246. The molecule has 1 aromatic carbocycles. The van der Waals surface area contributed by atoms with Gasteiger partial charge in [0.2, 0.25) is 0 Å². The molecular weight excluding hydrogens is 248 g/mol. The first kappa shape index (κ1) is 13.1. The largest absolute Gasteiger partial charge is 0.306 e. The molecule has 1 fully saturated rings. The lowest BCUT2D eigenvalue weighted by Gasteiger charge is -2.35. The molecule has 0 radical (unpaired) electrons. The van der Waals surface area contributed by atoms with E-state index in [1.165, 1.54) is 0 Å². The SMILES string of the molecule is CC1(C)CC(=O)C2C(C=Cc3ccccc3)=NNC2C1. The Labute approximate surface area is 119 Å². The predicted molar refractivity (Wildman–Crippen MR) is 81.3 cm³/mol. The summed E-state index contributed by atoms with van der Waals surface area (Å²) in [4.78, 5) is 12.4. The molecule has 2 unspecified atom stereocenters. The highest BCUT2D eigenvalue weighted by molar-refractivity contribution is 6.13. The zero-order chi connectivity index (χ0) is 14.2. The average molecular weight is 268 g/mol. The number of hydrazone groups is 1. The minimum absolute atomic E-state index is 0.0667. The zero-order valence-corrected chi connectivity index (χ0v) is 12.0. The summed E-state index contributed by atoms with van der Waals surface area (Å²) in [7, 11) is 0.